The molecule has 0 spiro atoms. The maximum absolute atomic E-state index is 13.0. The summed E-state index contributed by atoms with van der Waals surface area (Å²) in [6, 6.07) is 10.2. The molecule has 0 unspecified atom stereocenters. The van der Waals surface area contributed by atoms with Gasteiger partial charge in [0.05, 0.1) is 41.0 Å². The second-order valence-electron chi connectivity index (χ2n) is 7.02. The van der Waals surface area contributed by atoms with E-state index in [9.17, 15) is 28.1 Å². The molecule has 13 heteroatoms. The molecule has 1 heterocycles. The van der Waals surface area contributed by atoms with Crippen LogP contribution >= 0.6 is 11.6 Å². The van der Waals surface area contributed by atoms with E-state index in [1.165, 1.54) is 26.2 Å². The molecule has 0 aliphatic carbocycles. The average molecular weight is 499 g/mol. The number of non-ortho nitro benzene ring substituents is 1. The van der Waals surface area contributed by atoms with Crippen molar-refractivity contribution in [3.05, 3.63) is 69.0 Å². The van der Waals surface area contributed by atoms with Crippen molar-refractivity contribution in [2.75, 3.05) is 12.4 Å². The zero-order valence-corrected chi connectivity index (χ0v) is 18.6. The Kier molecular flexibility index (Phi) is 7.30. The van der Waals surface area contributed by atoms with E-state index in [-0.39, 0.29) is 35.8 Å². The van der Waals surface area contributed by atoms with Gasteiger partial charge in [-0.1, -0.05) is 11.6 Å². The molecule has 9 nitrogen and oxygen atoms in total. The summed E-state index contributed by atoms with van der Waals surface area (Å²) in [6.45, 7) is 1.17. The lowest BCUT2D eigenvalue weighted by molar-refractivity contribution is -0.384. The Balaban J connectivity index is 1.73. The maximum atomic E-state index is 13.0. The summed E-state index contributed by atoms with van der Waals surface area (Å²) in [5, 5.41) is 16.7. The SMILES string of the molecule is COc1ccc(Oc2cc(NC(=O)CCn3nc(C(F)(F)F)c(Cl)c3C)cc([N+](=O)[O-])c2)cc1. The highest BCUT2D eigenvalue weighted by Crippen LogP contribution is 2.35. The van der Waals surface area contributed by atoms with Gasteiger partial charge in [0, 0.05) is 18.6 Å². The summed E-state index contributed by atoms with van der Waals surface area (Å²) < 4.78 is 50.5. The Morgan fingerprint density at radius 3 is 2.38 bits per heavy atom. The topological polar surface area (TPSA) is 109 Å². The van der Waals surface area contributed by atoms with E-state index >= 15 is 0 Å². The number of aromatic nitrogens is 2. The number of nitrogens with one attached hydrogen (secondary N) is 1. The fraction of sp³-hybridized carbons (Fsp3) is 0.238. The molecule has 0 bridgehead atoms. The van der Waals surface area contributed by atoms with Crippen LogP contribution in [0.25, 0.3) is 0 Å². The number of aryl methyl sites for hydroxylation is 1. The fourth-order valence-electron chi connectivity index (χ4n) is 2.95. The Hall–Kier alpha value is -3.80. The zero-order chi connectivity index (χ0) is 25.0. The van der Waals surface area contributed by atoms with Gasteiger partial charge >= 0.3 is 6.18 Å². The van der Waals surface area contributed by atoms with Gasteiger partial charge in [0.25, 0.3) is 5.69 Å². The molecule has 3 rings (SSSR count). The van der Waals surface area contributed by atoms with Crippen molar-refractivity contribution in [1.29, 1.82) is 0 Å². The first kappa shape index (κ1) is 24.8. The molecular formula is C21H18ClF3N4O5. The quantitative estimate of drug-likeness (QED) is 0.320. The number of nitro groups is 1. The Morgan fingerprint density at radius 1 is 1.18 bits per heavy atom. The number of hydrogen-bond donors (Lipinski definition) is 1. The predicted molar refractivity (Wildman–Crippen MR) is 116 cm³/mol. The van der Waals surface area contributed by atoms with Crippen LogP contribution in [0.4, 0.5) is 24.5 Å². The van der Waals surface area contributed by atoms with Crippen molar-refractivity contribution in [3.63, 3.8) is 0 Å². The molecule has 0 saturated carbocycles. The first-order valence-corrected chi connectivity index (χ1v) is 10.1. The minimum absolute atomic E-state index is 0.0623. The lowest BCUT2D eigenvalue weighted by Gasteiger charge is -2.10. The molecule has 180 valence electrons. The normalized spacial score (nSPS) is 11.2. The van der Waals surface area contributed by atoms with E-state index in [2.05, 4.69) is 10.4 Å². The minimum atomic E-state index is -4.72. The number of carbonyl (C=O) groups excluding carboxylic acids is 1. The first-order valence-electron chi connectivity index (χ1n) is 9.69. The highest BCUT2D eigenvalue weighted by molar-refractivity contribution is 6.31. The van der Waals surface area contributed by atoms with Crippen molar-refractivity contribution in [2.45, 2.75) is 26.1 Å². The smallest absolute Gasteiger partial charge is 0.436 e. The highest BCUT2D eigenvalue weighted by atomic mass is 35.5. The average Bonchev–Trinajstić information content (AvgIpc) is 3.07. The van der Waals surface area contributed by atoms with Gasteiger partial charge < -0.3 is 14.8 Å². The van der Waals surface area contributed by atoms with Crippen LogP contribution in [-0.2, 0) is 17.5 Å². The molecule has 1 aromatic heterocycles. The van der Waals surface area contributed by atoms with Crippen LogP contribution in [-0.4, -0.2) is 27.7 Å². The van der Waals surface area contributed by atoms with E-state index in [0.29, 0.717) is 11.5 Å². The standard InChI is InChI=1S/C21H18ClF3N4O5/c1-12-19(22)20(21(23,24)25)27-28(12)8-7-18(30)26-13-9-14(29(31)32)11-17(10-13)34-16-5-3-15(33-2)4-6-16/h3-6,9-11H,7-8H2,1-2H3,(H,26,30). The van der Waals surface area contributed by atoms with Gasteiger partial charge in [0.15, 0.2) is 5.69 Å². The van der Waals surface area contributed by atoms with E-state index in [0.717, 1.165) is 10.7 Å². The van der Waals surface area contributed by atoms with E-state index in [4.69, 9.17) is 21.1 Å². The molecule has 0 radical (unpaired) electrons. The van der Waals surface area contributed by atoms with Gasteiger partial charge in [0.1, 0.15) is 17.2 Å². The Labute approximate surface area is 196 Å². The summed E-state index contributed by atoms with van der Waals surface area (Å²) in [6.07, 6.45) is -4.98. The van der Waals surface area contributed by atoms with Crippen LogP contribution in [0, 0.1) is 17.0 Å². The van der Waals surface area contributed by atoms with Crippen LogP contribution < -0.4 is 14.8 Å². The summed E-state index contributed by atoms with van der Waals surface area (Å²) in [5.41, 5.74) is -1.42. The van der Waals surface area contributed by atoms with Crippen LogP contribution in [0.5, 0.6) is 17.2 Å². The van der Waals surface area contributed by atoms with Gasteiger partial charge in [-0.05, 0) is 31.2 Å². The number of ether oxygens (including phenoxy) is 2. The van der Waals surface area contributed by atoms with Crippen LogP contribution in [0.1, 0.15) is 17.8 Å². The van der Waals surface area contributed by atoms with Gasteiger partial charge in [-0.3, -0.25) is 19.6 Å². The number of benzene rings is 2. The number of alkyl halides is 3. The van der Waals surface area contributed by atoms with Crippen molar-refractivity contribution in [2.24, 2.45) is 0 Å². The van der Waals surface area contributed by atoms with Crippen LogP contribution in [0.3, 0.4) is 0 Å². The molecule has 0 saturated heterocycles. The number of carbonyl (C=O) groups is 1. The number of hydrogen-bond acceptors (Lipinski definition) is 6. The first-order chi connectivity index (χ1) is 16.0. The van der Waals surface area contributed by atoms with Crippen molar-refractivity contribution >= 4 is 28.9 Å². The monoisotopic (exact) mass is 498 g/mol. The Bertz CT molecular complexity index is 1210. The number of amides is 1. The molecule has 0 fully saturated rings. The lowest BCUT2D eigenvalue weighted by atomic mass is 10.2. The number of anilines is 1. The minimum Gasteiger partial charge on any atom is -0.497 e. The molecule has 1 amide bonds. The lowest BCUT2D eigenvalue weighted by Crippen LogP contribution is -2.16. The van der Waals surface area contributed by atoms with Gasteiger partial charge in [0.2, 0.25) is 5.91 Å². The number of methoxy groups -OCH3 is 1. The molecule has 0 aliphatic heterocycles. The number of rotatable bonds is 8. The van der Waals surface area contributed by atoms with Gasteiger partial charge in [-0.25, -0.2) is 0 Å². The van der Waals surface area contributed by atoms with Gasteiger partial charge in [-0.15, -0.1) is 0 Å². The highest BCUT2D eigenvalue weighted by Gasteiger charge is 2.38. The van der Waals surface area contributed by atoms with Crippen molar-refractivity contribution in [3.8, 4) is 17.2 Å². The molecule has 34 heavy (non-hydrogen) atoms. The predicted octanol–water partition coefficient (Wildman–Crippen LogP) is 5.60. The molecule has 0 atom stereocenters. The maximum Gasteiger partial charge on any atom is 0.436 e. The number of halogens is 4. The largest absolute Gasteiger partial charge is 0.497 e. The summed E-state index contributed by atoms with van der Waals surface area (Å²) >= 11 is 5.70. The fourth-order valence-corrected chi connectivity index (χ4v) is 3.20. The summed E-state index contributed by atoms with van der Waals surface area (Å²) in [5.74, 6) is 0.468. The third kappa shape index (κ3) is 5.95. The second kappa shape index (κ2) is 10.00. The Morgan fingerprint density at radius 2 is 1.82 bits per heavy atom. The summed E-state index contributed by atoms with van der Waals surface area (Å²) in [7, 11) is 1.50. The number of nitro benzene ring substituents is 1. The zero-order valence-electron chi connectivity index (χ0n) is 17.9. The van der Waals surface area contributed by atoms with E-state index in [1.54, 1.807) is 24.3 Å². The van der Waals surface area contributed by atoms with Crippen molar-refractivity contribution < 1.29 is 32.4 Å². The third-order valence-electron chi connectivity index (χ3n) is 4.63. The molecular weight excluding hydrogens is 481 g/mol. The van der Waals surface area contributed by atoms with Crippen LogP contribution in [0.2, 0.25) is 5.02 Å². The van der Waals surface area contributed by atoms with Crippen molar-refractivity contribution in [1.82, 2.24) is 9.78 Å². The number of nitrogens with zero attached hydrogens (tertiary/aromatic N) is 3. The summed E-state index contributed by atoms with van der Waals surface area (Å²) in [4.78, 5) is 23.0. The van der Waals surface area contributed by atoms with E-state index < -0.39 is 27.7 Å². The molecule has 2 aromatic carbocycles. The third-order valence-corrected chi connectivity index (χ3v) is 5.09. The molecule has 0 aliphatic rings. The van der Waals surface area contributed by atoms with E-state index in [1.807, 2.05) is 0 Å². The second-order valence-corrected chi connectivity index (χ2v) is 7.40. The van der Waals surface area contributed by atoms with Crippen LogP contribution in [0.15, 0.2) is 42.5 Å². The van der Waals surface area contributed by atoms with Gasteiger partial charge in [-0.2, -0.15) is 18.3 Å². The molecule has 3 aromatic rings. The molecule has 1 N–H and O–H groups in total.